The fourth-order valence-electron chi connectivity index (χ4n) is 4.13. The minimum Gasteiger partial charge on any atom is -0.478 e. The highest BCUT2D eigenvalue weighted by Gasteiger charge is 2.32. The molecule has 2 aromatic carbocycles. The highest BCUT2D eigenvalue weighted by molar-refractivity contribution is 6.30. The van der Waals surface area contributed by atoms with E-state index in [-0.39, 0.29) is 29.5 Å². The van der Waals surface area contributed by atoms with Gasteiger partial charge in [0.05, 0.1) is 23.4 Å². The van der Waals surface area contributed by atoms with Crippen LogP contribution in [0.15, 0.2) is 53.3 Å². The van der Waals surface area contributed by atoms with E-state index in [0.29, 0.717) is 28.5 Å². The third kappa shape index (κ3) is 4.83. The summed E-state index contributed by atoms with van der Waals surface area (Å²) in [5.41, 5.74) is 2.25. The maximum absolute atomic E-state index is 13.2. The standard InChI is InChI=1S/C25H24ClN3O4/c1-2-3-4-18-13-29(24(31)16-5-7-17(8-6-16)25(32)33)14-20-21(18)27-22(28-23(20)30)15-9-11-19(26)12-10-15/h5-12,18H,2-4,13-14H2,1H3,(H,32,33)(H,27,28,30). The lowest BCUT2D eigenvalue weighted by molar-refractivity contribution is 0.0689. The average molecular weight is 466 g/mol. The summed E-state index contributed by atoms with van der Waals surface area (Å²) < 4.78 is 0. The molecule has 1 unspecified atom stereocenters. The average Bonchev–Trinajstić information content (AvgIpc) is 2.82. The van der Waals surface area contributed by atoms with E-state index in [1.54, 1.807) is 17.0 Å². The Hall–Kier alpha value is -3.45. The SMILES string of the molecule is CCCCC1CN(C(=O)c2ccc(C(=O)O)cc2)Cc2c1nc(-c1ccc(Cl)cc1)[nH]c2=O. The molecule has 2 N–H and O–H groups in total. The van der Waals surface area contributed by atoms with Gasteiger partial charge in [-0.15, -0.1) is 0 Å². The molecule has 0 aliphatic carbocycles. The maximum atomic E-state index is 13.2. The molecule has 1 aliphatic rings. The highest BCUT2D eigenvalue weighted by Crippen LogP contribution is 2.31. The van der Waals surface area contributed by atoms with Gasteiger partial charge in [-0.1, -0.05) is 31.4 Å². The molecule has 4 rings (SSSR count). The number of H-pyrrole nitrogens is 1. The molecule has 1 atom stereocenters. The van der Waals surface area contributed by atoms with E-state index in [9.17, 15) is 14.4 Å². The second kappa shape index (κ2) is 9.58. The van der Waals surface area contributed by atoms with E-state index in [1.165, 1.54) is 24.3 Å². The van der Waals surface area contributed by atoms with Gasteiger partial charge in [0, 0.05) is 28.6 Å². The quantitative estimate of drug-likeness (QED) is 0.548. The largest absolute Gasteiger partial charge is 0.478 e. The van der Waals surface area contributed by atoms with Crippen molar-refractivity contribution in [3.05, 3.63) is 86.3 Å². The number of carboxylic acid groups (broad SMARTS) is 1. The third-order valence-corrected chi connectivity index (χ3v) is 6.17. The second-order valence-electron chi connectivity index (χ2n) is 8.19. The molecule has 1 amide bonds. The number of nitrogens with zero attached hydrogens (tertiary/aromatic N) is 2. The predicted octanol–water partition coefficient (Wildman–Crippen LogP) is 4.72. The van der Waals surface area contributed by atoms with Crippen LogP contribution in [0.1, 0.15) is 64.1 Å². The summed E-state index contributed by atoms with van der Waals surface area (Å²) in [7, 11) is 0. The van der Waals surface area contributed by atoms with E-state index >= 15 is 0 Å². The molecule has 0 saturated heterocycles. The van der Waals surface area contributed by atoms with Gasteiger partial charge >= 0.3 is 5.97 Å². The van der Waals surface area contributed by atoms with E-state index in [1.807, 2.05) is 12.1 Å². The molecule has 7 nitrogen and oxygen atoms in total. The Morgan fingerprint density at radius 1 is 1.12 bits per heavy atom. The normalized spacial score (nSPS) is 15.2. The zero-order valence-corrected chi connectivity index (χ0v) is 18.9. The number of nitrogens with one attached hydrogen (secondary N) is 1. The van der Waals surface area contributed by atoms with Crippen LogP contribution >= 0.6 is 11.6 Å². The van der Waals surface area contributed by atoms with Crippen molar-refractivity contribution >= 4 is 23.5 Å². The van der Waals surface area contributed by atoms with Crippen molar-refractivity contribution in [3.8, 4) is 11.4 Å². The van der Waals surface area contributed by atoms with Gasteiger partial charge in [0.1, 0.15) is 5.82 Å². The first-order chi connectivity index (χ1) is 15.9. The maximum Gasteiger partial charge on any atom is 0.335 e. The number of rotatable bonds is 6. The van der Waals surface area contributed by atoms with Crippen LogP contribution < -0.4 is 5.56 Å². The molecule has 33 heavy (non-hydrogen) atoms. The number of fused-ring (bicyclic) bond motifs is 1. The van der Waals surface area contributed by atoms with Crippen LogP contribution in [0.25, 0.3) is 11.4 Å². The number of hydrogen-bond donors (Lipinski definition) is 2. The van der Waals surface area contributed by atoms with Crippen molar-refractivity contribution in [2.45, 2.75) is 38.6 Å². The molecule has 0 fully saturated rings. The van der Waals surface area contributed by atoms with Crippen molar-refractivity contribution in [2.24, 2.45) is 0 Å². The Kier molecular flexibility index (Phi) is 6.60. The van der Waals surface area contributed by atoms with Gasteiger partial charge in [0.25, 0.3) is 11.5 Å². The summed E-state index contributed by atoms with van der Waals surface area (Å²) in [6.07, 6.45) is 2.75. The Balaban J connectivity index is 1.68. The van der Waals surface area contributed by atoms with E-state index in [0.717, 1.165) is 30.5 Å². The predicted molar refractivity (Wildman–Crippen MR) is 126 cm³/mol. The molecule has 0 saturated carbocycles. The molecule has 2 heterocycles. The summed E-state index contributed by atoms with van der Waals surface area (Å²) in [4.78, 5) is 46.6. The van der Waals surface area contributed by atoms with Gasteiger partial charge < -0.3 is 15.0 Å². The van der Waals surface area contributed by atoms with Gasteiger partial charge in [-0.3, -0.25) is 9.59 Å². The van der Waals surface area contributed by atoms with Crippen molar-refractivity contribution in [1.29, 1.82) is 0 Å². The minimum absolute atomic E-state index is 0.0655. The highest BCUT2D eigenvalue weighted by atomic mass is 35.5. The summed E-state index contributed by atoms with van der Waals surface area (Å²) in [5, 5.41) is 9.69. The first kappa shape index (κ1) is 22.7. The van der Waals surface area contributed by atoms with E-state index in [2.05, 4.69) is 11.9 Å². The monoisotopic (exact) mass is 465 g/mol. The number of halogens is 1. The van der Waals surface area contributed by atoms with E-state index < -0.39 is 5.97 Å². The smallest absolute Gasteiger partial charge is 0.335 e. The van der Waals surface area contributed by atoms with Crippen molar-refractivity contribution < 1.29 is 14.7 Å². The molecule has 8 heteroatoms. The fraction of sp³-hybridized carbons (Fsp3) is 0.280. The van der Waals surface area contributed by atoms with Gasteiger partial charge in [-0.2, -0.15) is 0 Å². The number of carbonyl (C=O) groups is 2. The van der Waals surface area contributed by atoms with Crippen LogP contribution in [0.3, 0.4) is 0 Å². The number of aromatic carboxylic acids is 1. The Bertz CT molecular complexity index is 1240. The lowest BCUT2D eigenvalue weighted by Crippen LogP contribution is -2.41. The lowest BCUT2D eigenvalue weighted by atomic mass is 9.90. The molecule has 1 aliphatic heterocycles. The summed E-state index contributed by atoms with van der Waals surface area (Å²) >= 11 is 5.99. The van der Waals surface area contributed by atoms with Crippen LogP contribution in [0.4, 0.5) is 0 Å². The fourth-order valence-corrected chi connectivity index (χ4v) is 4.26. The van der Waals surface area contributed by atoms with Gasteiger partial charge in [0.2, 0.25) is 0 Å². The molecule has 0 bridgehead atoms. The second-order valence-corrected chi connectivity index (χ2v) is 8.63. The van der Waals surface area contributed by atoms with Gasteiger partial charge in [0.15, 0.2) is 0 Å². The first-order valence-electron chi connectivity index (χ1n) is 10.9. The molecular weight excluding hydrogens is 442 g/mol. The number of aromatic nitrogens is 2. The molecule has 3 aromatic rings. The minimum atomic E-state index is -1.05. The van der Waals surface area contributed by atoms with Crippen molar-refractivity contribution in [1.82, 2.24) is 14.9 Å². The number of carbonyl (C=O) groups excluding carboxylic acids is 1. The third-order valence-electron chi connectivity index (χ3n) is 5.91. The first-order valence-corrected chi connectivity index (χ1v) is 11.3. The number of unbranched alkanes of at least 4 members (excludes halogenated alkanes) is 1. The number of carboxylic acids is 1. The summed E-state index contributed by atoms with van der Waals surface area (Å²) in [5.74, 6) is -0.861. The van der Waals surface area contributed by atoms with Crippen molar-refractivity contribution in [2.75, 3.05) is 6.54 Å². The summed E-state index contributed by atoms with van der Waals surface area (Å²) in [6.45, 7) is 2.70. The van der Waals surface area contributed by atoms with Crippen LogP contribution in [-0.4, -0.2) is 38.4 Å². The van der Waals surface area contributed by atoms with Crippen molar-refractivity contribution in [3.63, 3.8) is 0 Å². The Morgan fingerprint density at radius 3 is 2.42 bits per heavy atom. The molecule has 1 aromatic heterocycles. The van der Waals surface area contributed by atoms with Gasteiger partial charge in [-0.25, -0.2) is 9.78 Å². The number of aromatic amines is 1. The summed E-state index contributed by atoms with van der Waals surface area (Å²) in [6, 6.07) is 13.0. The Labute approximate surface area is 196 Å². The molecule has 0 spiro atoms. The number of benzene rings is 2. The zero-order chi connectivity index (χ0) is 23.5. The Morgan fingerprint density at radius 2 is 1.79 bits per heavy atom. The number of amides is 1. The lowest BCUT2D eigenvalue weighted by Gasteiger charge is -2.34. The van der Waals surface area contributed by atoms with Crippen LogP contribution in [-0.2, 0) is 6.54 Å². The number of hydrogen-bond acceptors (Lipinski definition) is 4. The van der Waals surface area contributed by atoms with E-state index in [4.69, 9.17) is 21.7 Å². The van der Waals surface area contributed by atoms with Crippen LogP contribution in [0, 0.1) is 0 Å². The molecule has 170 valence electrons. The zero-order valence-electron chi connectivity index (χ0n) is 18.2. The van der Waals surface area contributed by atoms with Crippen LogP contribution in [0.5, 0.6) is 0 Å². The molecular formula is C25H24ClN3O4. The molecule has 0 radical (unpaired) electrons. The topological polar surface area (TPSA) is 103 Å². The van der Waals surface area contributed by atoms with Crippen LogP contribution in [0.2, 0.25) is 5.02 Å². The van der Waals surface area contributed by atoms with Gasteiger partial charge in [-0.05, 0) is 55.0 Å².